The molecule has 0 radical (unpaired) electrons. The second kappa shape index (κ2) is 9.34. The van der Waals surface area contributed by atoms with Gasteiger partial charge in [-0.25, -0.2) is 4.68 Å². The lowest BCUT2D eigenvalue weighted by molar-refractivity contribution is -0.113. The zero-order chi connectivity index (χ0) is 19.9. The Balaban J connectivity index is 1.52. The molecule has 0 atom stereocenters. The van der Waals surface area contributed by atoms with E-state index in [1.165, 1.54) is 16.4 Å². The molecule has 0 aliphatic carbocycles. The van der Waals surface area contributed by atoms with Crippen LogP contribution < -0.4 is 21.2 Å². The molecule has 0 bridgehead atoms. The van der Waals surface area contributed by atoms with Gasteiger partial charge in [0, 0.05) is 5.69 Å². The molecule has 0 saturated heterocycles. The summed E-state index contributed by atoms with van der Waals surface area (Å²) in [5.41, 5.74) is 1.46. The number of hydrogen-bond acceptors (Lipinski definition) is 7. The summed E-state index contributed by atoms with van der Waals surface area (Å²) in [6, 6.07) is 14.5. The van der Waals surface area contributed by atoms with Gasteiger partial charge < -0.3 is 21.2 Å². The van der Waals surface area contributed by atoms with E-state index in [9.17, 15) is 4.79 Å². The molecule has 0 fully saturated rings. The maximum absolute atomic E-state index is 12.1. The minimum absolute atomic E-state index is 0.131. The standard InChI is InChI=1S/C18H19ClN6O2S/c1-27-13-8-6-12(7-9-13)21-10-16-23-24-18(25(16)20)28-11-17(26)22-15-5-3-2-4-14(15)19/h2-9,21H,10-11,20H2,1H3,(H,22,26). The lowest BCUT2D eigenvalue weighted by Crippen LogP contribution is -2.18. The topological polar surface area (TPSA) is 107 Å². The number of nitrogens with two attached hydrogens (primary N) is 1. The Morgan fingerprint density at radius 1 is 1.21 bits per heavy atom. The summed E-state index contributed by atoms with van der Waals surface area (Å²) in [6.45, 7) is 0.391. The van der Waals surface area contributed by atoms with Gasteiger partial charge in [0.1, 0.15) is 5.75 Å². The molecule has 4 N–H and O–H groups in total. The largest absolute Gasteiger partial charge is 0.497 e. The highest BCUT2D eigenvalue weighted by molar-refractivity contribution is 7.99. The number of carbonyl (C=O) groups is 1. The van der Waals surface area contributed by atoms with E-state index in [4.69, 9.17) is 22.2 Å². The van der Waals surface area contributed by atoms with Crippen molar-refractivity contribution in [2.45, 2.75) is 11.7 Å². The van der Waals surface area contributed by atoms with Gasteiger partial charge in [0.05, 0.1) is 30.1 Å². The quantitative estimate of drug-likeness (QED) is 0.381. The third-order valence-corrected chi connectivity index (χ3v) is 5.03. The molecule has 0 spiro atoms. The van der Waals surface area contributed by atoms with Crippen molar-refractivity contribution in [1.29, 1.82) is 0 Å². The Morgan fingerprint density at radius 2 is 1.96 bits per heavy atom. The van der Waals surface area contributed by atoms with Crippen LogP contribution in [0.25, 0.3) is 0 Å². The highest BCUT2D eigenvalue weighted by atomic mass is 35.5. The average Bonchev–Trinajstić information content (AvgIpc) is 3.06. The second-order valence-corrected chi connectivity index (χ2v) is 7.02. The number of amides is 1. The average molecular weight is 419 g/mol. The summed E-state index contributed by atoms with van der Waals surface area (Å²) < 4.78 is 6.49. The van der Waals surface area contributed by atoms with E-state index in [0.29, 0.717) is 28.2 Å². The van der Waals surface area contributed by atoms with Crippen LogP contribution in [0.2, 0.25) is 5.02 Å². The first kappa shape index (κ1) is 19.8. The van der Waals surface area contributed by atoms with Crippen LogP contribution in [-0.2, 0) is 11.3 Å². The molecular weight excluding hydrogens is 400 g/mol. The molecule has 10 heteroatoms. The number of anilines is 2. The normalized spacial score (nSPS) is 10.5. The van der Waals surface area contributed by atoms with Crippen molar-refractivity contribution in [2.24, 2.45) is 0 Å². The molecule has 8 nitrogen and oxygen atoms in total. The van der Waals surface area contributed by atoms with Crippen LogP contribution in [0.5, 0.6) is 5.75 Å². The smallest absolute Gasteiger partial charge is 0.234 e. The van der Waals surface area contributed by atoms with Crippen LogP contribution in [0.4, 0.5) is 11.4 Å². The summed E-state index contributed by atoms with van der Waals surface area (Å²) >= 11 is 7.23. The van der Waals surface area contributed by atoms with Gasteiger partial charge in [-0.2, -0.15) is 0 Å². The molecule has 1 heterocycles. The van der Waals surface area contributed by atoms with Crippen LogP contribution in [0, 0.1) is 0 Å². The van der Waals surface area contributed by atoms with Gasteiger partial charge in [-0.15, -0.1) is 10.2 Å². The molecule has 1 amide bonds. The Morgan fingerprint density at radius 3 is 2.68 bits per heavy atom. The van der Waals surface area contributed by atoms with Crippen LogP contribution in [0.1, 0.15) is 5.82 Å². The van der Waals surface area contributed by atoms with E-state index >= 15 is 0 Å². The Kier molecular flexibility index (Phi) is 6.62. The molecule has 2 aromatic carbocycles. The molecule has 3 rings (SSSR count). The number of benzene rings is 2. The minimum atomic E-state index is -0.209. The summed E-state index contributed by atoms with van der Waals surface area (Å²) in [6.07, 6.45) is 0. The molecule has 3 aromatic rings. The fourth-order valence-electron chi connectivity index (χ4n) is 2.30. The minimum Gasteiger partial charge on any atom is -0.497 e. The van der Waals surface area contributed by atoms with Crippen LogP contribution >= 0.6 is 23.4 Å². The number of nitrogens with zero attached hydrogens (tertiary/aromatic N) is 3. The van der Waals surface area contributed by atoms with E-state index in [1.54, 1.807) is 31.4 Å². The zero-order valence-corrected chi connectivity index (χ0v) is 16.6. The van der Waals surface area contributed by atoms with E-state index in [-0.39, 0.29) is 11.7 Å². The van der Waals surface area contributed by atoms with Crippen molar-refractivity contribution in [3.05, 3.63) is 59.4 Å². The van der Waals surface area contributed by atoms with E-state index in [2.05, 4.69) is 20.8 Å². The van der Waals surface area contributed by atoms with Crippen LogP contribution in [0.15, 0.2) is 53.7 Å². The highest BCUT2D eigenvalue weighted by Gasteiger charge is 2.13. The number of methoxy groups -OCH3 is 1. The van der Waals surface area contributed by atoms with Gasteiger partial charge in [-0.05, 0) is 36.4 Å². The molecule has 0 aliphatic heterocycles. The SMILES string of the molecule is COc1ccc(NCc2nnc(SCC(=O)Nc3ccccc3Cl)n2N)cc1. The maximum Gasteiger partial charge on any atom is 0.234 e. The first-order valence-corrected chi connectivity index (χ1v) is 9.67. The number of carbonyl (C=O) groups excluding carboxylic acids is 1. The highest BCUT2D eigenvalue weighted by Crippen LogP contribution is 2.22. The molecule has 1 aromatic heterocycles. The van der Waals surface area contributed by atoms with E-state index < -0.39 is 0 Å². The Bertz CT molecular complexity index is 948. The summed E-state index contributed by atoms with van der Waals surface area (Å²) in [7, 11) is 1.62. The van der Waals surface area contributed by atoms with Crippen LogP contribution in [0.3, 0.4) is 0 Å². The second-order valence-electron chi connectivity index (χ2n) is 5.67. The number of halogens is 1. The van der Waals surface area contributed by atoms with Gasteiger partial charge in [-0.1, -0.05) is 35.5 Å². The first-order chi connectivity index (χ1) is 13.6. The fraction of sp³-hybridized carbons (Fsp3) is 0.167. The van der Waals surface area contributed by atoms with Gasteiger partial charge in [0.15, 0.2) is 5.82 Å². The fourth-order valence-corrected chi connectivity index (χ4v) is 3.15. The number of nitrogens with one attached hydrogen (secondary N) is 2. The lowest BCUT2D eigenvalue weighted by atomic mass is 10.3. The monoisotopic (exact) mass is 418 g/mol. The van der Waals surface area contributed by atoms with Crippen LogP contribution in [-0.4, -0.2) is 33.6 Å². The molecule has 0 unspecified atom stereocenters. The summed E-state index contributed by atoms with van der Waals surface area (Å²) in [4.78, 5) is 12.1. The van der Waals surface area contributed by atoms with E-state index in [1.807, 2.05) is 24.3 Å². The van der Waals surface area contributed by atoms with Gasteiger partial charge >= 0.3 is 0 Å². The lowest BCUT2D eigenvalue weighted by Gasteiger charge is -2.08. The third kappa shape index (κ3) is 5.08. The molecular formula is C18H19ClN6O2S. The molecule has 28 heavy (non-hydrogen) atoms. The number of hydrogen-bond donors (Lipinski definition) is 3. The number of thioether (sulfide) groups is 1. The predicted molar refractivity (Wildman–Crippen MR) is 111 cm³/mol. The molecule has 146 valence electrons. The van der Waals surface area contributed by atoms with Crippen molar-refractivity contribution < 1.29 is 9.53 Å². The number of nitrogen functional groups attached to an aromatic ring is 1. The van der Waals surface area contributed by atoms with Gasteiger partial charge in [0.2, 0.25) is 11.1 Å². The van der Waals surface area contributed by atoms with Crippen molar-refractivity contribution in [1.82, 2.24) is 14.9 Å². The third-order valence-electron chi connectivity index (χ3n) is 3.76. The summed E-state index contributed by atoms with van der Waals surface area (Å²) in [5, 5.41) is 15.0. The Labute approximate surface area is 171 Å². The van der Waals surface area contributed by atoms with Crippen molar-refractivity contribution in [3.63, 3.8) is 0 Å². The Hall–Kier alpha value is -2.91. The van der Waals surface area contributed by atoms with Gasteiger partial charge in [0.25, 0.3) is 0 Å². The first-order valence-electron chi connectivity index (χ1n) is 8.31. The van der Waals surface area contributed by atoms with E-state index in [0.717, 1.165) is 11.4 Å². The number of ether oxygens (including phenoxy) is 1. The molecule has 0 saturated carbocycles. The number of rotatable bonds is 8. The van der Waals surface area contributed by atoms with Crippen molar-refractivity contribution in [3.8, 4) is 5.75 Å². The van der Waals surface area contributed by atoms with Gasteiger partial charge in [-0.3, -0.25) is 4.79 Å². The number of para-hydroxylation sites is 1. The molecule has 0 aliphatic rings. The maximum atomic E-state index is 12.1. The number of aromatic nitrogens is 3. The van der Waals surface area contributed by atoms with Crippen molar-refractivity contribution in [2.75, 3.05) is 29.3 Å². The van der Waals surface area contributed by atoms with Crippen molar-refractivity contribution >= 4 is 40.6 Å². The predicted octanol–water partition coefficient (Wildman–Crippen LogP) is 3.00. The summed E-state index contributed by atoms with van der Waals surface area (Å²) in [5.74, 6) is 7.28. The zero-order valence-electron chi connectivity index (χ0n) is 15.1.